The molecule has 3 nitrogen and oxygen atoms in total. The summed E-state index contributed by atoms with van der Waals surface area (Å²) in [6, 6.07) is 14.3. The number of hydrogen-bond acceptors (Lipinski definition) is 3. The van der Waals surface area contributed by atoms with Crippen molar-refractivity contribution in [1.82, 2.24) is 4.98 Å². The summed E-state index contributed by atoms with van der Waals surface area (Å²) in [6.45, 7) is 5.72. The standard InChI is InChI=1S/C17H22N2O/c1-3-10-18-16-9-11-19-17(12-16)13-20-14(2)15-7-5-4-6-8-15/h4-9,11-12,14H,3,10,13H2,1-2H3,(H,18,19). The highest BCUT2D eigenvalue weighted by Crippen LogP contribution is 2.18. The van der Waals surface area contributed by atoms with E-state index in [0.717, 1.165) is 24.3 Å². The van der Waals surface area contributed by atoms with Crippen molar-refractivity contribution in [1.29, 1.82) is 0 Å². The normalized spacial score (nSPS) is 12.1. The molecule has 2 rings (SSSR count). The smallest absolute Gasteiger partial charge is 0.0896 e. The van der Waals surface area contributed by atoms with E-state index in [1.807, 2.05) is 36.5 Å². The summed E-state index contributed by atoms with van der Waals surface area (Å²) in [6.07, 6.45) is 3.01. The van der Waals surface area contributed by atoms with Crippen LogP contribution in [0.3, 0.4) is 0 Å². The van der Waals surface area contributed by atoms with Gasteiger partial charge in [0.15, 0.2) is 0 Å². The molecular weight excluding hydrogens is 248 g/mol. The largest absolute Gasteiger partial charge is 0.385 e. The zero-order valence-corrected chi connectivity index (χ0v) is 12.2. The Bertz CT molecular complexity index is 513. The molecule has 1 N–H and O–H groups in total. The zero-order chi connectivity index (χ0) is 14.2. The highest BCUT2D eigenvalue weighted by atomic mass is 16.5. The predicted molar refractivity (Wildman–Crippen MR) is 82.7 cm³/mol. The van der Waals surface area contributed by atoms with Crippen LogP contribution < -0.4 is 5.32 Å². The van der Waals surface area contributed by atoms with E-state index in [1.165, 1.54) is 5.56 Å². The zero-order valence-electron chi connectivity index (χ0n) is 12.2. The van der Waals surface area contributed by atoms with Crippen LogP contribution in [0.25, 0.3) is 0 Å². The number of nitrogens with one attached hydrogen (secondary N) is 1. The minimum atomic E-state index is 0.0743. The van der Waals surface area contributed by atoms with Crippen molar-refractivity contribution in [3.8, 4) is 0 Å². The average molecular weight is 270 g/mol. The van der Waals surface area contributed by atoms with Crippen LogP contribution >= 0.6 is 0 Å². The fourth-order valence-electron chi connectivity index (χ4n) is 1.97. The molecule has 1 aromatic heterocycles. The van der Waals surface area contributed by atoms with Gasteiger partial charge in [-0.25, -0.2) is 0 Å². The Morgan fingerprint density at radius 2 is 2.00 bits per heavy atom. The van der Waals surface area contributed by atoms with Gasteiger partial charge in [0.25, 0.3) is 0 Å². The highest BCUT2D eigenvalue weighted by molar-refractivity contribution is 5.42. The molecule has 0 radical (unpaired) electrons. The van der Waals surface area contributed by atoms with Gasteiger partial charge in [-0.1, -0.05) is 37.3 Å². The topological polar surface area (TPSA) is 34.2 Å². The van der Waals surface area contributed by atoms with Crippen LogP contribution in [0.1, 0.15) is 37.6 Å². The summed E-state index contributed by atoms with van der Waals surface area (Å²) in [5.74, 6) is 0. The quantitative estimate of drug-likeness (QED) is 0.819. The SMILES string of the molecule is CCCNc1ccnc(COC(C)c2ccccc2)c1. The first-order valence-electron chi connectivity index (χ1n) is 7.15. The first kappa shape index (κ1) is 14.5. The minimum Gasteiger partial charge on any atom is -0.385 e. The number of rotatable bonds is 7. The van der Waals surface area contributed by atoms with Crippen molar-refractivity contribution in [3.05, 3.63) is 59.9 Å². The maximum Gasteiger partial charge on any atom is 0.0896 e. The number of aromatic nitrogens is 1. The summed E-state index contributed by atoms with van der Waals surface area (Å²) >= 11 is 0. The third-order valence-corrected chi connectivity index (χ3v) is 3.15. The van der Waals surface area contributed by atoms with Crippen molar-refractivity contribution in [2.45, 2.75) is 33.0 Å². The Morgan fingerprint density at radius 1 is 1.20 bits per heavy atom. The van der Waals surface area contributed by atoms with Gasteiger partial charge in [0.05, 0.1) is 18.4 Å². The fraction of sp³-hybridized carbons (Fsp3) is 0.353. The van der Waals surface area contributed by atoms with Crippen LogP contribution in [0.15, 0.2) is 48.7 Å². The van der Waals surface area contributed by atoms with Crippen molar-refractivity contribution in [2.24, 2.45) is 0 Å². The van der Waals surface area contributed by atoms with Crippen LogP contribution in [-0.2, 0) is 11.3 Å². The predicted octanol–water partition coefficient (Wildman–Crippen LogP) is 4.18. The monoisotopic (exact) mass is 270 g/mol. The van der Waals surface area contributed by atoms with Crippen molar-refractivity contribution >= 4 is 5.69 Å². The maximum absolute atomic E-state index is 5.88. The Kier molecular flexibility index (Phi) is 5.56. The van der Waals surface area contributed by atoms with Crippen molar-refractivity contribution in [2.75, 3.05) is 11.9 Å². The molecule has 0 aliphatic heterocycles. The molecule has 3 heteroatoms. The van der Waals surface area contributed by atoms with Crippen molar-refractivity contribution in [3.63, 3.8) is 0 Å². The number of benzene rings is 1. The molecule has 1 atom stereocenters. The van der Waals surface area contributed by atoms with E-state index in [4.69, 9.17) is 4.74 Å². The first-order valence-corrected chi connectivity index (χ1v) is 7.15. The van der Waals surface area contributed by atoms with Gasteiger partial charge in [0.2, 0.25) is 0 Å². The van der Waals surface area contributed by atoms with E-state index >= 15 is 0 Å². The molecule has 1 aromatic carbocycles. The molecular formula is C17H22N2O. The summed E-state index contributed by atoms with van der Waals surface area (Å²) in [5, 5.41) is 3.36. The lowest BCUT2D eigenvalue weighted by molar-refractivity contribution is 0.0505. The van der Waals surface area contributed by atoms with Gasteiger partial charge in [-0.3, -0.25) is 4.98 Å². The molecule has 2 aromatic rings. The van der Waals surface area contributed by atoms with E-state index < -0.39 is 0 Å². The molecule has 0 saturated carbocycles. The third-order valence-electron chi connectivity index (χ3n) is 3.15. The molecule has 1 unspecified atom stereocenters. The lowest BCUT2D eigenvalue weighted by Gasteiger charge is -2.13. The number of ether oxygens (including phenoxy) is 1. The lowest BCUT2D eigenvalue weighted by Crippen LogP contribution is -2.04. The van der Waals surface area contributed by atoms with Crippen LogP contribution in [-0.4, -0.2) is 11.5 Å². The van der Waals surface area contributed by atoms with Gasteiger partial charge in [0, 0.05) is 18.4 Å². The Hall–Kier alpha value is -1.87. The number of pyridine rings is 1. The van der Waals surface area contributed by atoms with E-state index in [-0.39, 0.29) is 6.10 Å². The molecule has 0 saturated heterocycles. The molecule has 0 amide bonds. The number of hydrogen-bond donors (Lipinski definition) is 1. The molecule has 0 aliphatic rings. The van der Waals surface area contributed by atoms with Gasteiger partial charge in [-0.2, -0.15) is 0 Å². The van der Waals surface area contributed by atoms with Gasteiger partial charge in [-0.15, -0.1) is 0 Å². The second-order valence-electron chi connectivity index (χ2n) is 4.83. The minimum absolute atomic E-state index is 0.0743. The average Bonchev–Trinajstić information content (AvgIpc) is 2.52. The molecule has 0 fully saturated rings. The van der Waals surface area contributed by atoms with Crippen LogP contribution in [0.4, 0.5) is 5.69 Å². The Labute approximate surface area is 121 Å². The van der Waals surface area contributed by atoms with Gasteiger partial charge >= 0.3 is 0 Å². The van der Waals surface area contributed by atoms with Crippen LogP contribution in [0.5, 0.6) is 0 Å². The third kappa shape index (κ3) is 4.35. The van der Waals surface area contributed by atoms with E-state index in [0.29, 0.717) is 6.61 Å². The molecule has 0 bridgehead atoms. The molecule has 106 valence electrons. The van der Waals surface area contributed by atoms with E-state index in [2.05, 4.69) is 36.3 Å². The molecule has 1 heterocycles. The van der Waals surface area contributed by atoms with Gasteiger partial charge in [-0.05, 0) is 31.0 Å². The Morgan fingerprint density at radius 3 is 2.75 bits per heavy atom. The van der Waals surface area contributed by atoms with Crippen LogP contribution in [0.2, 0.25) is 0 Å². The number of anilines is 1. The second-order valence-corrected chi connectivity index (χ2v) is 4.83. The maximum atomic E-state index is 5.88. The van der Waals surface area contributed by atoms with E-state index in [1.54, 1.807) is 0 Å². The van der Waals surface area contributed by atoms with Crippen molar-refractivity contribution < 1.29 is 4.74 Å². The van der Waals surface area contributed by atoms with Crippen LogP contribution in [0, 0.1) is 0 Å². The summed E-state index contributed by atoms with van der Waals surface area (Å²) in [7, 11) is 0. The molecule has 20 heavy (non-hydrogen) atoms. The van der Waals surface area contributed by atoms with Gasteiger partial charge in [0.1, 0.15) is 0 Å². The fourth-order valence-corrected chi connectivity index (χ4v) is 1.97. The summed E-state index contributed by atoms with van der Waals surface area (Å²) < 4.78 is 5.88. The summed E-state index contributed by atoms with van der Waals surface area (Å²) in [5.41, 5.74) is 3.24. The Balaban J connectivity index is 1.90. The first-order chi connectivity index (χ1) is 9.79. The van der Waals surface area contributed by atoms with Gasteiger partial charge < -0.3 is 10.1 Å². The summed E-state index contributed by atoms with van der Waals surface area (Å²) in [4.78, 5) is 4.35. The lowest BCUT2D eigenvalue weighted by atomic mass is 10.1. The molecule has 0 aliphatic carbocycles. The van der Waals surface area contributed by atoms with E-state index in [9.17, 15) is 0 Å². The second kappa shape index (κ2) is 7.65. The molecule has 0 spiro atoms. The highest BCUT2D eigenvalue weighted by Gasteiger charge is 2.06. The number of nitrogens with zero attached hydrogens (tertiary/aromatic N) is 1.